The first-order valence-corrected chi connectivity index (χ1v) is 12.1. The Hall–Kier alpha value is -3.20. The molecule has 1 fully saturated rings. The van der Waals surface area contributed by atoms with Gasteiger partial charge in [-0.1, -0.05) is 13.0 Å². The van der Waals surface area contributed by atoms with Gasteiger partial charge < -0.3 is 20.4 Å². The van der Waals surface area contributed by atoms with E-state index in [0.29, 0.717) is 18.8 Å². The first kappa shape index (κ1) is 22.6. The Bertz CT molecular complexity index is 1110. The first-order chi connectivity index (χ1) is 16.5. The van der Waals surface area contributed by atoms with Crippen LogP contribution in [0.1, 0.15) is 41.4 Å². The summed E-state index contributed by atoms with van der Waals surface area (Å²) in [7, 11) is 1.50. The second kappa shape index (κ2) is 9.21. The maximum Gasteiger partial charge on any atom is 0.269 e. The lowest BCUT2D eigenvalue weighted by atomic mass is 9.93. The Morgan fingerprint density at radius 2 is 2.00 bits per heavy atom. The molecule has 0 aliphatic carbocycles. The van der Waals surface area contributed by atoms with Crippen LogP contribution in [0.4, 0.5) is 21.5 Å². The number of piperazine rings is 1. The second-order valence-electron chi connectivity index (χ2n) is 9.21. The number of halogens is 1. The number of anilines is 3. The number of aromatic nitrogens is 1. The van der Waals surface area contributed by atoms with E-state index in [4.69, 9.17) is 0 Å². The van der Waals surface area contributed by atoms with Crippen LogP contribution in [0.15, 0.2) is 24.3 Å². The van der Waals surface area contributed by atoms with Gasteiger partial charge in [0.05, 0.1) is 17.1 Å². The zero-order valence-corrected chi connectivity index (χ0v) is 19.7. The number of nitrogens with one attached hydrogen (secondary N) is 2. The van der Waals surface area contributed by atoms with Crippen molar-refractivity contribution in [1.82, 2.24) is 15.2 Å². The van der Waals surface area contributed by atoms with Crippen LogP contribution >= 0.6 is 0 Å². The average molecular weight is 467 g/mol. The molecule has 2 N–H and O–H groups in total. The van der Waals surface area contributed by atoms with Gasteiger partial charge >= 0.3 is 0 Å². The lowest BCUT2D eigenvalue weighted by Gasteiger charge is -2.42. The van der Waals surface area contributed by atoms with Crippen molar-refractivity contribution in [2.75, 3.05) is 54.9 Å². The number of benzene rings is 1. The number of hydrogen-bond acceptors (Lipinski definition) is 6. The molecule has 180 valence electrons. The minimum absolute atomic E-state index is 0.0780. The molecule has 1 aromatic carbocycles. The smallest absolute Gasteiger partial charge is 0.269 e. The van der Waals surface area contributed by atoms with E-state index in [-0.39, 0.29) is 17.6 Å². The van der Waals surface area contributed by atoms with E-state index in [2.05, 4.69) is 44.5 Å². The number of pyridine rings is 1. The molecule has 0 saturated carbocycles. The summed E-state index contributed by atoms with van der Waals surface area (Å²) >= 11 is 0. The fourth-order valence-corrected chi connectivity index (χ4v) is 5.43. The fraction of sp³-hybridized carbons (Fsp3) is 0.480. The van der Waals surface area contributed by atoms with E-state index >= 15 is 0 Å². The third-order valence-corrected chi connectivity index (χ3v) is 7.11. The van der Waals surface area contributed by atoms with E-state index in [0.717, 1.165) is 51.1 Å². The Morgan fingerprint density at radius 1 is 1.21 bits per heavy atom. The van der Waals surface area contributed by atoms with Crippen molar-refractivity contribution in [2.45, 2.75) is 38.8 Å². The minimum atomic E-state index is -0.617. The molecule has 3 aliphatic rings. The first-order valence-electron chi connectivity index (χ1n) is 12.1. The average Bonchev–Trinajstić information content (AvgIpc) is 2.84. The van der Waals surface area contributed by atoms with Crippen molar-refractivity contribution in [3.05, 3.63) is 47.0 Å². The highest BCUT2D eigenvalue weighted by Gasteiger charge is 2.35. The Morgan fingerprint density at radius 3 is 2.71 bits per heavy atom. The summed E-state index contributed by atoms with van der Waals surface area (Å²) in [6, 6.07) is 7.53. The van der Waals surface area contributed by atoms with Crippen LogP contribution in [0.5, 0.6) is 0 Å². The van der Waals surface area contributed by atoms with Crippen LogP contribution in [0.25, 0.3) is 0 Å². The summed E-state index contributed by atoms with van der Waals surface area (Å²) in [6.45, 7) is 6.73. The Labute approximate surface area is 199 Å². The van der Waals surface area contributed by atoms with Gasteiger partial charge in [-0.2, -0.15) is 4.39 Å². The highest BCUT2D eigenvalue weighted by molar-refractivity contribution is 6.04. The number of carbonyl (C=O) groups is 2. The minimum Gasteiger partial charge on any atom is -0.365 e. The number of amides is 2. The predicted molar refractivity (Wildman–Crippen MR) is 130 cm³/mol. The molecule has 3 aliphatic heterocycles. The van der Waals surface area contributed by atoms with Crippen molar-refractivity contribution in [3.63, 3.8) is 0 Å². The van der Waals surface area contributed by atoms with Crippen LogP contribution in [-0.2, 0) is 17.8 Å². The molecule has 2 aromatic rings. The zero-order chi connectivity index (χ0) is 23.8. The molecule has 5 rings (SSSR count). The zero-order valence-electron chi connectivity index (χ0n) is 19.7. The van der Waals surface area contributed by atoms with Crippen LogP contribution in [0.3, 0.4) is 0 Å². The van der Waals surface area contributed by atoms with Crippen LogP contribution in [0.2, 0.25) is 0 Å². The summed E-state index contributed by atoms with van der Waals surface area (Å²) in [6.07, 6.45) is 2.91. The normalized spacial score (nSPS) is 20.1. The van der Waals surface area contributed by atoms with Gasteiger partial charge in [-0.05, 0) is 48.6 Å². The highest BCUT2D eigenvalue weighted by Crippen LogP contribution is 2.40. The highest BCUT2D eigenvalue weighted by atomic mass is 19.1. The van der Waals surface area contributed by atoms with E-state index in [1.54, 1.807) is 12.1 Å². The molecule has 1 saturated heterocycles. The molecule has 34 heavy (non-hydrogen) atoms. The topological polar surface area (TPSA) is 80.8 Å². The molecule has 9 heteroatoms. The summed E-state index contributed by atoms with van der Waals surface area (Å²) in [5, 5.41) is 5.61. The van der Waals surface area contributed by atoms with Gasteiger partial charge in [-0.25, -0.2) is 4.98 Å². The van der Waals surface area contributed by atoms with E-state index < -0.39 is 11.9 Å². The van der Waals surface area contributed by atoms with Crippen molar-refractivity contribution in [1.29, 1.82) is 0 Å². The quantitative estimate of drug-likeness (QED) is 0.659. The molecular weight excluding hydrogens is 435 g/mol. The standard InChI is InChI=1S/C25H31FN6O2/c1-3-20-25(34)29-19-14-16(13-17-5-4-8-32(20)22(17)19)15-30-9-11-31(12-10-30)21-7-6-18(24(33)27-2)28-23(21)26/h6-7,13-14,20H,3-5,8-12,15H2,1-2H3,(H,27,33)(H,29,34). The van der Waals surface area contributed by atoms with Gasteiger partial charge in [0.2, 0.25) is 11.9 Å². The third-order valence-electron chi connectivity index (χ3n) is 7.11. The summed E-state index contributed by atoms with van der Waals surface area (Å²) in [5.41, 5.74) is 5.16. The summed E-state index contributed by atoms with van der Waals surface area (Å²) < 4.78 is 14.6. The molecule has 2 amide bonds. The molecule has 4 heterocycles. The van der Waals surface area contributed by atoms with E-state index in [1.165, 1.54) is 23.9 Å². The maximum atomic E-state index is 14.6. The predicted octanol–water partition coefficient (Wildman–Crippen LogP) is 2.39. The summed E-state index contributed by atoms with van der Waals surface area (Å²) in [5.74, 6) is -0.926. The lowest BCUT2D eigenvalue weighted by Crippen LogP contribution is -2.50. The van der Waals surface area contributed by atoms with Crippen molar-refractivity contribution < 1.29 is 14.0 Å². The van der Waals surface area contributed by atoms with Gasteiger partial charge in [0.1, 0.15) is 11.7 Å². The van der Waals surface area contributed by atoms with Crippen molar-refractivity contribution in [2.24, 2.45) is 0 Å². The number of carbonyl (C=O) groups excluding carboxylic acids is 2. The molecule has 1 aromatic heterocycles. The van der Waals surface area contributed by atoms with E-state index in [9.17, 15) is 14.0 Å². The SMILES string of the molecule is CCC1C(=O)Nc2cc(CN3CCN(c4ccc(C(=O)NC)nc4F)CC3)cc3c2N1CCC3. The number of nitrogens with zero attached hydrogens (tertiary/aromatic N) is 4. The maximum absolute atomic E-state index is 14.6. The number of hydrogen-bond donors (Lipinski definition) is 2. The number of aryl methyl sites for hydroxylation is 1. The van der Waals surface area contributed by atoms with Gasteiger partial charge in [0, 0.05) is 46.3 Å². The molecular formula is C25H31FN6O2. The summed E-state index contributed by atoms with van der Waals surface area (Å²) in [4.78, 5) is 34.8. The molecule has 8 nitrogen and oxygen atoms in total. The van der Waals surface area contributed by atoms with Gasteiger partial charge in [-0.15, -0.1) is 0 Å². The van der Waals surface area contributed by atoms with Crippen LogP contribution < -0.4 is 20.4 Å². The van der Waals surface area contributed by atoms with Crippen molar-refractivity contribution in [3.8, 4) is 0 Å². The van der Waals surface area contributed by atoms with Crippen LogP contribution in [0, 0.1) is 5.95 Å². The van der Waals surface area contributed by atoms with Crippen LogP contribution in [-0.4, -0.2) is 67.5 Å². The molecule has 0 radical (unpaired) electrons. The second-order valence-corrected chi connectivity index (χ2v) is 9.21. The Kier molecular flexibility index (Phi) is 6.12. The van der Waals surface area contributed by atoms with Gasteiger partial charge in [-0.3, -0.25) is 14.5 Å². The largest absolute Gasteiger partial charge is 0.365 e. The monoisotopic (exact) mass is 466 g/mol. The van der Waals surface area contributed by atoms with Crippen molar-refractivity contribution >= 4 is 28.9 Å². The van der Waals surface area contributed by atoms with Gasteiger partial charge in [0.25, 0.3) is 5.91 Å². The van der Waals surface area contributed by atoms with Gasteiger partial charge in [0.15, 0.2) is 0 Å². The van der Waals surface area contributed by atoms with E-state index in [1.807, 2.05) is 4.90 Å². The third kappa shape index (κ3) is 4.09. The fourth-order valence-electron chi connectivity index (χ4n) is 5.43. The Balaban J connectivity index is 1.27. The molecule has 0 spiro atoms. The number of rotatable bonds is 5. The molecule has 0 bridgehead atoms. The lowest BCUT2D eigenvalue weighted by molar-refractivity contribution is -0.117. The molecule has 1 atom stereocenters. The molecule has 1 unspecified atom stereocenters.